The van der Waals surface area contributed by atoms with Gasteiger partial charge in [0.15, 0.2) is 0 Å². The Morgan fingerprint density at radius 2 is 2.05 bits per heavy atom. The van der Waals surface area contributed by atoms with Gasteiger partial charge in [-0.3, -0.25) is 11.3 Å². The van der Waals surface area contributed by atoms with Crippen LogP contribution in [0, 0.1) is 5.82 Å². The molecule has 2 rings (SSSR count). The van der Waals surface area contributed by atoms with Crippen LogP contribution < -0.4 is 22.7 Å². The largest absolute Gasteiger partial charge is 0.398 e. The molecule has 0 fully saturated rings. The average Bonchev–Trinajstić information content (AvgIpc) is 2.41. The number of aromatic nitrogens is 1. The minimum atomic E-state index is -0.358. The number of nitrogens with two attached hydrogens (primary N) is 3. The maximum absolute atomic E-state index is 13.3. The highest BCUT2D eigenvalue weighted by molar-refractivity contribution is 5.50. The molecule has 5 nitrogen and oxygen atoms in total. The molecule has 100 valence electrons. The van der Waals surface area contributed by atoms with E-state index >= 15 is 0 Å². The summed E-state index contributed by atoms with van der Waals surface area (Å²) in [5, 5.41) is 0. The Hall–Kier alpha value is -2.18. The standard InChI is InChI=1S/C13H16FN5/c14-9-3-4-11(15)10(7-9)12(19-17)6-8-2-1-5-18-13(8)16/h1-5,7,12,19H,6,15,17H2,(H2,16,18). The second-order valence-electron chi connectivity index (χ2n) is 4.24. The van der Waals surface area contributed by atoms with Crippen LogP contribution in [0.25, 0.3) is 0 Å². The third-order valence-electron chi connectivity index (χ3n) is 2.98. The lowest BCUT2D eigenvalue weighted by Gasteiger charge is -2.19. The van der Waals surface area contributed by atoms with E-state index in [1.54, 1.807) is 12.3 Å². The molecule has 7 N–H and O–H groups in total. The van der Waals surface area contributed by atoms with Crippen LogP contribution in [0.4, 0.5) is 15.9 Å². The zero-order chi connectivity index (χ0) is 13.8. The number of benzene rings is 1. The van der Waals surface area contributed by atoms with Crippen molar-refractivity contribution in [2.45, 2.75) is 12.5 Å². The van der Waals surface area contributed by atoms with Crippen LogP contribution in [-0.2, 0) is 6.42 Å². The number of nitrogens with one attached hydrogen (secondary N) is 1. The van der Waals surface area contributed by atoms with Gasteiger partial charge in [0, 0.05) is 11.9 Å². The van der Waals surface area contributed by atoms with Gasteiger partial charge in [0.25, 0.3) is 0 Å². The summed E-state index contributed by atoms with van der Waals surface area (Å²) in [5.41, 5.74) is 16.2. The maximum Gasteiger partial charge on any atom is 0.126 e. The first-order valence-electron chi connectivity index (χ1n) is 5.82. The van der Waals surface area contributed by atoms with E-state index in [4.69, 9.17) is 17.3 Å². The van der Waals surface area contributed by atoms with Crippen molar-refractivity contribution in [3.63, 3.8) is 0 Å². The summed E-state index contributed by atoms with van der Waals surface area (Å²) in [6.07, 6.45) is 2.09. The summed E-state index contributed by atoms with van der Waals surface area (Å²) in [6.45, 7) is 0. The van der Waals surface area contributed by atoms with Crippen LogP contribution in [0.3, 0.4) is 0 Å². The number of nitrogen functional groups attached to an aromatic ring is 2. The summed E-state index contributed by atoms with van der Waals surface area (Å²) in [4.78, 5) is 4.00. The topological polar surface area (TPSA) is 103 Å². The zero-order valence-corrected chi connectivity index (χ0v) is 10.3. The lowest BCUT2D eigenvalue weighted by molar-refractivity contribution is 0.546. The molecule has 0 radical (unpaired) electrons. The summed E-state index contributed by atoms with van der Waals surface area (Å²) in [5.74, 6) is 5.60. The lowest BCUT2D eigenvalue weighted by atomic mass is 9.98. The van der Waals surface area contributed by atoms with Gasteiger partial charge in [0.05, 0.1) is 6.04 Å². The van der Waals surface area contributed by atoms with E-state index in [2.05, 4.69) is 10.4 Å². The molecule has 1 unspecified atom stereocenters. The predicted octanol–water partition coefficient (Wildman–Crippen LogP) is 1.13. The highest BCUT2D eigenvalue weighted by Gasteiger charge is 2.16. The third-order valence-corrected chi connectivity index (χ3v) is 2.98. The van der Waals surface area contributed by atoms with Gasteiger partial charge in [0.2, 0.25) is 0 Å². The number of pyridine rings is 1. The van der Waals surface area contributed by atoms with Gasteiger partial charge in [0.1, 0.15) is 11.6 Å². The van der Waals surface area contributed by atoms with E-state index in [-0.39, 0.29) is 11.9 Å². The van der Waals surface area contributed by atoms with Crippen LogP contribution in [0.5, 0.6) is 0 Å². The van der Waals surface area contributed by atoms with Gasteiger partial charge < -0.3 is 11.5 Å². The average molecular weight is 261 g/mol. The van der Waals surface area contributed by atoms with E-state index in [0.29, 0.717) is 23.5 Å². The van der Waals surface area contributed by atoms with E-state index in [9.17, 15) is 4.39 Å². The van der Waals surface area contributed by atoms with Gasteiger partial charge in [-0.2, -0.15) is 0 Å². The molecule has 0 bridgehead atoms. The first-order chi connectivity index (χ1) is 9.11. The summed E-state index contributed by atoms with van der Waals surface area (Å²) < 4.78 is 13.3. The molecule has 6 heteroatoms. The SMILES string of the molecule is NNC(Cc1cccnc1N)c1cc(F)ccc1N. The Balaban J connectivity index is 2.30. The molecule has 1 heterocycles. The van der Waals surface area contributed by atoms with E-state index in [1.165, 1.54) is 18.2 Å². The fourth-order valence-corrected chi connectivity index (χ4v) is 1.95. The molecule has 19 heavy (non-hydrogen) atoms. The molecule has 0 saturated carbocycles. The van der Waals surface area contributed by atoms with Crippen molar-refractivity contribution >= 4 is 11.5 Å². The Morgan fingerprint density at radius 1 is 1.26 bits per heavy atom. The van der Waals surface area contributed by atoms with Crippen molar-refractivity contribution in [3.05, 3.63) is 53.5 Å². The molecule has 0 aliphatic heterocycles. The van der Waals surface area contributed by atoms with Gasteiger partial charge in [-0.05, 0) is 41.8 Å². The fourth-order valence-electron chi connectivity index (χ4n) is 1.95. The molecule has 2 aromatic rings. The lowest BCUT2D eigenvalue weighted by Crippen LogP contribution is -2.30. The van der Waals surface area contributed by atoms with Gasteiger partial charge in [-0.1, -0.05) is 6.07 Å². The van der Waals surface area contributed by atoms with Crippen LogP contribution in [0.1, 0.15) is 17.2 Å². The third kappa shape index (κ3) is 2.98. The van der Waals surface area contributed by atoms with E-state index < -0.39 is 0 Å². The number of halogens is 1. The number of anilines is 2. The van der Waals surface area contributed by atoms with Gasteiger partial charge >= 0.3 is 0 Å². The zero-order valence-electron chi connectivity index (χ0n) is 10.3. The van der Waals surface area contributed by atoms with Crippen molar-refractivity contribution in [1.82, 2.24) is 10.4 Å². The molecule has 0 aliphatic carbocycles. The molecule has 1 atom stereocenters. The predicted molar refractivity (Wildman–Crippen MR) is 73.2 cm³/mol. The Kier molecular flexibility index (Phi) is 3.94. The summed E-state index contributed by atoms with van der Waals surface area (Å²) in [6, 6.07) is 7.50. The molecule has 1 aromatic carbocycles. The number of rotatable bonds is 4. The van der Waals surface area contributed by atoms with Crippen molar-refractivity contribution in [1.29, 1.82) is 0 Å². The second-order valence-corrected chi connectivity index (χ2v) is 4.24. The highest BCUT2D eigenvalue weighted by atomic mass is 19.1. The first kappa shape index (κ1) is 13.3. The number of nitrogens with zero attached hydrogens (tertiary/aromatic N) is 1. The molecular formula is C13H16FN5. The van der Waals surface area contributed by atoms with Crippen molar-refractivity contribution in [2.75, 3.05) is 11.5 Å². The molecule has 0 aliphatic rings. The molecule has 0 saturated heterocycles. The van der Waals surface area contributed by atoms with E-state index in [0.717, 1.165) is 5.56 Å². The fraction of sp³-hybridized carbons (Fsp3) is 0.154. The van der Waals surface area contributed by atoms with Crippen LogP contribution in [0.2, 0.25) is 0 Å². The van der Waals surface area contributed by atoms with Crippen molar-refractivity contribution in [2.24, 2.45) is 5.84 Å². The quantitative estimate of drug-likeness (QED) is 0.375. The van der Waals surface area contributed by atoms with Crippen LogP contribution >= 0.6 is 0 Å². The Morgan fingerprint density at radius 3 is 2.74 bits per heavy atom. The highest BCUT2D eigenvalue weighted by Crippen LogP contribution is 2.25. The maximum atomic E-state index is 13.3. The normalized spacial score (nSPS) is 12.3. The number of hydrogen-bond acceptors (Lipinski definition) is 5. The number of hydrazine groups is 1. The minimum Gasteiger partial charge on any atom is -0.398 e. The smallest absolute Gasteiger partial charge is 0.126 e. The van der Waals surface area contributed by atoms with Gasteiger partial charge in [-0.15, -0.1) is 0 Å². The molecular weight excluding hydrogens is 245 g/mol. The summed E-state index contributed by atoms with van der Waals surface area (Å²) in [7, 11) is 0. The Bertz CT molecular complexity index is 573. The molecule has 0 spiro atoms. The van der Waals surface area contributed by atoms with Crippen molar-refractivity contribution < 1.29 is 4.39 Å². The number of hydrogen-bond donors (Lipinski definition) is 4. The molecule has 1 aromatic heterocycles. The van der Waals surface area contributed by atoms with Crippen molar-refractivity contribution in [3.8, 4) is 0 Å². The first-order valence-corrected chi connectivity index (χ1v) is 5.82. The van der Waals surface area contributed by atoms with Gasteiger partial charge in [-0.25, -0.2) is 9.37 Å². The second kappa shape index (κ2) is 5.64. The minimum absolute atomic E-state index is 0.331. The van der Waals surface area contributed by atoms with Crippen LogP contribution in [0.15, 0.2) is 36.5 Å². The Labute approximate surface area is 110 Å². The summed E-state index contributed by atoms with van der Waals surface area (Å²) >= 11 is 0. The van der Waals surface area contributed by atoms with E-state index in [1.807, 2.05) is 6.07 Å². The van der Waals surface area contributed by atoms with Crippen LogP contribution in [-0.4, -0.2) is 4.98 Å². The molecule has 0 amide bonds. The monoisotopic (exact) mass is 261 g/mol.